The van der Waals surface area contributed by atoms with E-state index < -0.39 is 11.5 Å². The van der Waals surface area contributed by atoms with Crippen LogP contribution in [0.15, 0.2) is 72.8 Å². The molecule has 7 rings (SSSR count). The molecule has 4 aromatic carbocycles. The average Bonchev–Trinajstić information content (AvgIpc) is 3.66. The van der Waals surface area contributed by atoms with Crippen LogP contribution in [0.1, 0.15) is 50.6 Å². The van der Waals surface area contributed by atoms with E-state index in [1.807, 2.05) is 48.5 Å². The maximum atomic E-state index is 15.1. The van der Waals surface area contributed by atoms with Crippen molar-refractivity contribution < 1.29 is 28.9 Å². The van der Waals surface area contributed by atoms with Gasteiger partial charge in [-0.3, -0.25) is 14.5 Å². The van der Waals surface area contributed by atoms with Crippen molar-refractivity contribution in [3.63, 3.8) is 0 Å². The maximum absolute atomic E-state index is 15.1. The second-order valence-electron chi connectivity index (χ2n) is 11.1. The van der Waals surface area contributed by atoms with E-state index in [0.717, 1.165) is 34.7 Å². The largest absolute Gasteiger partial charge is 0.504 e. The lowest BCUT2D eigenvalue weighted by Crippen LogP contribution is -2.51. The fourth-order valence-corrected chi connectivity index (χ4v) is 7.87. The number of nitrogens with zero attached hydrogens (tertiary/aromatic N) is 1. The number of rotatable bonds is 6. The molecule has 4 unspecified atom stereocenters. The highest BCUT2D eigenvalue weighted by Crippen LogP contribution is 2.63. The van der Waals surface area contributed by atoms with E-state index in [-0.39, 0.29) is 29.3 Å². The SMILES string of the molecule is COc1ccc(C(=O)C2C(c3ccc(O)c(OC)c3)C3CCCN3C23C(=O)c2cccc4cccc3c24)c(OC)c1. The molecule has 7 nitrogen and oxygen atoms in total. The van der Waals surface area contributed by atoms with Crippen LogP contribution < -0.4 is 14.2 Å². The number of fused-ring (bicyclic) bond motifs is 3. The highest BCUT2D eigenvalue weighted by Gasteiger charge is 2.69. The second kappa shape index (κ2) is 9.35. The molecule has 1 N–H and O–H groups in total. The summed E-state index contributed by atoms with van der Waals surface area (Å²) < 4.78 is 16.6. The van der Waals surface area contributed by atoms with E-state index in [1.165, 1.54) is 14.2 Å². The lowest BCUT2D eigenvalue weighted by atomic mass is 9.68. The molecule has 3 aliphatic rings. The molecule has 4 atom stereocenters. The van der Waals surface area contributed by atoms with E-state index in [0.29, 0.717) is 34.9 Å². The number of benzene rings is 4. The third kappa shape index (κ3) is 3.36. The van der Waals surface area contributed by atoms with Crippen LogP contribution in [0.4, 0.5) is 0 Å². The fourth-order valence-electron chi connectivity index (χ4n) is 7.87. The van der Waals surface area contributed by atoms with Gasteiger partial charge in [0.2, 0.25) is 0 Å². The Morgan fingerprint density at radius 3 is 2.46 bits per heavy atom. The van der Waals surface area contributed by atoms with Gasteiger partial charge < -0.3 is 19.3 Å². The Hall–Kier alpha value is -4.36. The maximum Gasteiger partial charge on any atom is 0.189 e. The van der Waals surface area contributed by atoms with Crippen molar-refractivity contribution in [2.75, 3.05) is 27.9 Å². The van der Waals surface area contributed by atoms with Gasteiger partial charge in [0.05, 0.1) is 32.8 Å². The number of carbonyl (C=O) groups excluding carboxylic acids is 2. The molecule has 1 aliphatic carbocycles. The van der Waals surface area contributed by atoms with Gasteiger partial charge >= 0.3 is 0 Å². The van der Waals surface area contributed by atoms with Gasteiger partial charge in [-0.25, -0.2) is 0 Å². The molecule has 2 heterocycles. The van der Waals surface area contributed by atoms with Crippen LogP contribution in [0, 0.1) is 5.92 Å². The standard InChI is InChI=1S/C34H31NO6/c1-39-21-13-14-22(27(18-21)40-2)32(37)31-30(20-12-15-26(36)28(17-20)41-3)25-11-6-16-35(25)34(31)24-10-5-8-19-7-4-9-23(29(19)24)33(34)38/h4-5,7-10,12-15,17-18,25,30-31,36H,6,11,16H2,1-3H3. The predicted octanol–water partition coefficient (Wildman–Crippen LogP) is 5.72. The summed E-state index contributed by atoms with van der Waals surface area (Å²) in [5, 5.41) is 12.3. The molecule has 0 saturated carbocycles. The van der Waals surface area contributed by atoms with Gasteiger partial charge in [-0.2, -0.15) is 0 Å². The van der Waals surface area contributed by atoms with Gasteiger partial charge in [0, 0.05) is 23.6 Å². The van der Waals surface area contributed by atoms with E-state index in [4.69, 9.17) is 14.2 Å². The van der Waals surface area contributed by atoms with Gasteiger partial charge in [-0.1, -0.05) is 42.5 Å². The lowest BCUT2D eigenvalue weighted by molar-refractivity contribution is 0.0518. The zero-order valence-electron chi connectivity index (χ0n) is 23.2. The van der Waals surface area contributed by atoms with Crippen molar-refractivity contribution in [1.29, 1.82) is 0 Å². The number of phenols is 1. The van der Waals surface area contributed by atoms with Gasteiger partial charge in [-0.05, 0) is 65.6 Å². The van der Waals surface area contributed by atoms with E-state index >= 15 is 4.79 Å². The first-order valence-corrected chi connectivity index (χ1v) is 13.9. The minimum Gasteiger partial charge on any atom is -0.504 e. The first-order valence-electron chi connectivity index (χ1n) is 13.9. The van der Waals surface area contributed by atoms with Gasteiger partial charge in [-0.15, -0.1) is 0 Å². The quantitative estimate of drug-likeness (QED) is 0.308. The monoisotopic (exact) mass is 549 g/mol. The molecule has 0 radical (unpaired) electrons. The summed E-state index contributed by atoms with van der Waals surface area (Å²) in [6.07, 6.45) is 1.77. The Morgan fingerprint density at radius 2 is 1.71 bits per heavy atom. The normalized spacial score (nSPS) is 24.7. The number of hydrogen-bond donors (Lipinski definition) is 1. The summed E-state index contributed by atoms with van der Waals surface area (Å²) in [7, 11) is 4.62. The van der Waals surface area contributed by atoms with Gasteiger partial charge in [0.15, 0.2) is 23.1 Å². The Labute approximate surface area is 238 Å². The number of Topliss-reactive ketones (excluding diaryl/α,β-unsaturated/α-hetero) is 2. The molecule has 4 aromatic rings. The molecule has 2 aliphatic heterocycles. The number of methoxy groups -OCH3 is 3. The average molecular weight is 550 g/mol. The molecule has 0 aromatic heterocycles. The van der Waals surface area contributed by atoms with Crippen LogP contribution in [0.2, 0.25) is 0 Å². The van der Waals surface area contributed by atoms with Crippen LogP contribution >= 0.6 is 0 Å². The van der Waals surface area contributed by atoms with E-state index in [9.17, 15) is 9.90 Å². The van der Waals surface area contributed by atoms with Crippen molar-refractivity contribution >= 4 is 22.3 Å². The van der Waals surface area contributed by atoms with Gasteiger partial charge in [0.1, 0.15) is 17.0 Å². The Kier molecular flexibility index (Phi) is 5.84. The van der Waals surface area contributed by atoms with Crippen LogP contribution in [0.3, 0.4) is 0 Å². The van der Waals surface area contributed by atoms with E-state index in [1.54, 1.807) is 31.4 Å². The van der Waals surface area contributed by atoms with Crippen LogP contribution in [0.5, 0.6) is 23.0 Å². The number of aromatic hydroxyl groups is 1. The summed E-state index contributed by atoms with van der Waals surface area (Å²) in [6.45, 7) is 0.704. The third-order valence-electron chi connectivity index (χ3n) is 9.43. The minimum atomic E-state index is -1.18. The van der Waals surface area contributed by atoms with Gasteiger partial charge in [0.25, 0.3) is 0 Å². The molecule has 1 spiro atoms. The summed E-state index contributed by atoms with van der Waals surface area (Å²) in [5.74, 6) is 0.0679. The highest BCUT2D eigenvalue weighted by molar-refractivity contribution is 6.23. The molecule has 2 saturated heterocycles. The second-order valence-corrected chi connectivity index (χ2v) is 11.1. The smallest absolute Gasteiger partial charge is 0.189 e. The molecular formula is C34H31NO6. The Morgan fingerprint density at radius 1 is 0.927 bits per heavy atom. The first kappa shape index (κ1) is 25.6. The number of hydrogen-bond acceptors (Lipinski definition) is 7. The minimum absolute atomic E-state index is 0.0288. The predicted molar refractivity (Wildman–Crippen MR) is 154 cm³/mol. The third-order valence-corrected chi connectivity index (χ3v) is 9.43. The number of ketones is 2. The van der Waals surface area contributed by atoms with Crippen molar-refractivity contribution in [1.82, 2.24) is 4.90 Å². The van der Waals surface area contributed by atoms with Crippen molar-refractivity contribution in [2.24, 2.45) is 5.92 Å². The van der Waals surface area contributed by atoms with Crippen molar-refractivity contribution in [3.05, 3.63) is 95.1 Å². The van der Waals surface area contributed by atoms with Crippen LogP contribution in [0.25, 0.3) is 10.8 Å². The number of ether oxygens (including phenoxy) is 3. The number of phenolic OH excluding ortho intramolecular Hbond substituents is 1. The summed E-state index contributed by atoms with van der Waals surface area (Å²) >= 11 is 0. The summed E-state index contributed by atoms with van der Waals surface area (Å²) in [5.41, 5.74) is 1.64. The molecule has 41 heavy (non-hydrogen) atoms. The molecule has 208 valence electrons. The summed E-state index contributed by atoms with van der Waals surface area (Å²) in [6, 6.07) is 22.3. The Bertz CT molecular complexity index is 1720. The molecule has 7 heteroatoms. The lowest BCUT2D eigenvalue weighted by Gasteiger charge is -2.38. The molecular weight excluding hydrogens is 518 g/mol. The summed E-state index contributed by atoms with van der Waals surface area (Å²) in [4.78, 5) is 32.2. The zero-order valence-corrected chi connectivity index (χ0v) is 23.2. The molecule has 0 bridgehead atoms. The van der Waals surface area contributed by atoms with Crippen molar-refractivity contribution in [2.45, 2.75) is 30.3 Å². The topological polar surface area (TPSA) is 85.3 Å². The zero-order chi connectivity index (χ0) is 28.5. The van der Waals surface area contributed by atoms with Crippen molar-refractivity contribution in [3.8, 4) is 23.0 Å². The molecule has 0 amide bonds. The fraction of sp³-hybridized carbons (Fsp3) is 0.294. The highest BCUT2D eigenvalue weighted by atomic mass is 16.5. The number of carbonyl (C=O) groups is 2. The van der Waals surface area contributed by atoms with Crippen LogP contribution in [-0.4, -0.2) is 55.5 Å². The molecule has 2 fully saturated rings. The van der Waals surface area contributed by atoms with E-state index in [2.05, 4.69) is 4.90 Å². The Balaban J connectivity index is 1.53. The van der Waals surface area contributed by atoms with Crippen LogP contribution in [-0.2, 0) is 5.54 Å². The first-order chi connectivity index (χ1) is 19.9.